The van der Waals surface area contributed by atoms with Gasteiger partial charge in [-0.1, -0.05) is 0 Å². The number of rotatable bonds is 5. The third-order valence-corrected chi connectivity index (χ3v) is 2.13. The highest BCUT2D eigenvalue weighted by molar-refractivity contribution is 5.45. The van der Waals surface area contributed by atoms with Gasteiger partial charge >= 0.3 is 0 Å². The summed E-state index contributed by atoms with van der Waals surface area (Å²) in [4.78, 5) is 12.3. The van der Waals surface area contributed by atoms with E-state index in [2.05, 4.69) is 29.4 Å². The predicted octanol–water partition coefficient (Wildman–Crippen LogP) is 0.235. The Balaban J connectivity index is 2.35. The molecular formula is C9H17N3O. The molecule has 2 N–H and O–H groups in total. The number of amides is 1. The Hall–Kier alpha value is -1.19. The van der Waals surface area contributed by atoms with Crippen LogP contribution in [0.5, 0.6) is 0 Å². The van der Waals surface area contributed by atoms with E-state index < -0.39 is 0 Å². The van der Waals surface area contributed by atoms with Crippen molar-refractivity contribution in [3.05, 3.63) is 11.9 Å². The largest absolute Gasteiger partial charge is 0.372 e. The molecule has 1 amide bonds. The first-order chi connectivity index (χ1) is 6.25. The second kappa shape index (κ2) is 4.74. The molecule has 4 heteroatoms. The molecule has 1 aliphatic heterocycles. The lowest BCUT2D eigenvalue weighted by atomic mass is 10.2. The molecule has 0 unspecified atom stereocenters. The van der Waals surface area contributed by atoms with Gasteiger partial charge in [0.2, 0.25) is 6.41 Å². The summed E-state index contributed by atoms with van der Waals surface area (Å²) in [6.07, 6.45) is 3.65. The van der Waals surface area contributed by atoms with E-state index in [1.807, 2.05) is 6.20 Å². The summed E-state index contributed by atoms with van der Waals surface area (Å²) < 4.78 is 0. The van der Waals surface area contributed by atoms with Crippen LogP contribution in [0.15, 0.2) is 11.9 Å². The number of carbonyl (C=O) groups is 1. The van der Waals surface area contributed by atoms with Crippen LogP contribution in [0.4, 0.5) is 0 Å². The van der Waals surface area contributed by atoms with Crippen LogP contribution in [-0.4, -0.2) is 30.6 Å². The van der Waals surface area contributed by atoms with Gasteiger partial charge in [-0.15, -0.1) is 0 Å². The van der Waals surface area contributed by atoms with Gasteiger partial charge in [-0.05, 0) is 13.8 Å². The fraction of sp³-hybridized carbons (Fsp3) is 0.667. The Labute approximate surface area is 79.0 Å². The van der Waals surface area contributed by atoms with Crippen LogP contribution in [0.1, 0.15) is 20.3 Å². The van der Waals surface area contributed by atoms with Gasteiger partial charge in [-0.25, -0.2) is 0 Å². The summed E-state index contributed by atoms with van der Waals surface area (Å²) in [6.45, 7) is 5.91. The first-order valence-electron chi connectivity index (χ1n) is 4.62. The van der Waals surface area contributed by atoms with E-state index in [4.69, 9.17) is 0 Å². The fourth-order valence-electron chi connectivity index (χ4n) is 1.44. The van der Waals surface area contributed by atoms with Gasteiger partial charge in [0, 0.05) is 30.9 Å². The van der Waals surface area contributed by atoms with Crippen LogP contribution >= 0.6 is 0 Å². The fourth-order valence-corrected chi connectivity index (χ4v) is 1.44. The third-order valence-electron chi connectivity index (χ3n) is 2.13. The molecule has 4 nitrogen and oxygen atoms in total. The number of hydrogen-bond acceptors (Lipinski definition) is 3. The van der Waals surface area contributed by atoms with E-state index in [0.29, 0.717) is 12.6 Å². The Morgan fingerprint density at radius 2 is 2.54 bits per heavy atom. The topological polar surface area (TPSA) is 44.4 Å². The summed E-state index contributed by atoms with van der Waals surface area (Å²) in [6, 6.07) is 0.512. The normalized spacial score (nSPS) is 15.6. The summed E-state index contributed by atoms with van der Waals surface area (Å²) in [5.41, 5.74) is 1.27. The molecule has 0 bridgehead atoms. The molecule has 0 radical (unpaired) electrons. The van der Waals surface area contributed by atoms with E-state index in [0.717, 1.165) is 19.5 Å². The van der Waals surface area contributed by atoms with Crippen LogP contribution in [0.2, 0.25) is 0 Å². The number of nitrogens with one attached hydrogen (secondary N) is 2. The quantitative estimate of drug-likeness (QED) is 0.474. The monoisotopic (exact) mass is 183 g/mol. The Bertz CT molecular complexity index is 201. The van der Waals surface area contributed by atoms with Crippen LogP contribution in [0.25, 0.3) is 0 Å². The molecule has 0 fully saturated rings. The second-order valence-corrected chi connectivity index (χ2v) is 3.38. The minimum Gasteiger partial charge on any atom is -0.372 e. The van der Waals surface area contributed by atoms with Crippen molar-refractivity contribution in [1.29, 1.82) is 0 Å². The summed E-state index contributed by atoms with van der Waals surface area (Å²) in [7, 11) is 0. The van der Waals surface area contributed by atoms with Gasteiger partial charge in [-0.2, -0.15) is 0 Å². The maximum absolute atomic E-state index is 10.0. The molecule has 13 heavy (non-hydrogen) atoms. The zero-order valence-electron chi connectivity index (χ0n) is 8.21. The average Bonchev–Trinajstić information content (AvgIpc) is 2.53. The average molecular weight is 183 g/mol. The van der Waals surface area contributed by atoms with Crippen LogP contribution in [0.3, 0.4) is 0 Å². The van der Waals surface area contributed by atoms with Gasteiger partial charge in [0.25, 0.3) is 0 Å². The van der Waals surface area contributed by atoms with Crippen LogP contribution in [-0.2, 0) is 4.79 Å². The van der Waals surface area contributed by atoms with Gasteiger partial charge in [0.05, 0.1) is 6.67 Å². The highest BCUT2D eigenvalue weighted by atomic mass is 16.1. The van der Waals surface area contributed by atoms with Crippen molar-refractivity contribution in [2.24, 2.45) is 0 Å². The van der Waals surface area contributed by atoms with Gasteiger partial charge < -0.3 is 15.5 Å². The zero-order chi connectivity index (χ0) is 9.68. The highest BCUT2D eigenvalue weighted by Gasteiger charge is 2.16. The number of nitrogens with zero attached hydrogens (tertiary/aromatic N) is 1. The lowest BCUT2D eigenvalue weighted by Crippen LogP contribution is -2.31. The van der Waals surface area contributed by atoms with E-state index in [9.17, 15) is 4.79 Å². The molecule has 74 valence electrons. The maximum Gasteiger partial charge on any atom is 0.207 e. The predicted molar refractivity (Wildman–Crippen MR) is 51.7 cm³/mol. The second-order valence-electron chi connectivity index (χ2n) is 3.38. The molecule has 0 atom stereocenters. The first kappa shape index (κ1) is 9.89. The molecule has 0 aromatic heterocycles. The Morgan fingerprint density at radius 3 is 3.15 bits per heavy atom. The molecule has 0 aromatic rings. The molecular weight excluding hydrogens is 166 g/mol. The van der Waals surface area contributed by atoms with Crippen molar-refractivity contribution in [2.45, 2.75) is 26.3 Å². The zero-order valence-corrected chi connectivity index (χ0v) is 8.21. The van der Waals surface area contributed by atoms with Gasteiger partial charge in [0.1, 0.15) is 0 Å². The summed E-state index contributed by atoms with van der Waals surface area (Å²) in [5.74, 6) is 0. The number of carbonyl (C=O) groups excluding carboxylic acids is 1. The van der Waals surface area contributed by atoms with Crippen molar-refractivity contribution in [3.8, 4) is 0 Å². The molecule has 0 saturated heterocycles. The smallest absolute Gasteiger partial charge is 0.207 e. The minimum absolute atomic E-state index is 0.512. The van der Waals surface area contributed by atoms with Crippen molar-refractivity contribution < 1.29 is 4.79 Å². The SMILES string of the molecule is CC(C)N1CNC=C1CCNC=O. The molecule has 0 saturated carbocycles. The molecule has 1 rings (SSSR count). The van der Waals surface area contributed by atoms with Crippen molar-refractivity contribution in [3.63, 3.8) is 0 Å². The molecule has 0 aromatic carbocycles. The van der Waals surface area contributed by atoms with Crippen molar-refractivity contribution in [1.82, 2.24) is 15.5 Å². The van der Waals surface area contributed by atoms with E-state index in [-0.39, 0.29) is 0 Å². The van der Waals surface area contributed by atoms with E-state index in [1.165, 1.54) is 5.70 Å². The van der Waals surface area contributed by atoms with Crippen molar-refractivity contribution in [2.75, 3.05) is 13.2 Å². The Kier molecular flexibility index (Phi) is 3.61. The minimum atomic E-state index is 0.512. The molecule has 0 spiro atoms. The summed E-state index contributed by atoms with van der Waals surface area (Å²) >= 11 is 0. The van der Waals surface area contributed by atoms with E-state index >= 15 is 0 Å². The Morgan fingerprint density at radius 1 is 1.77 bits per heavy atom. The maximum atomic E-state index is 10.0. The molecule has 0 aliphatic carbocycles. The van der Waals surface area contributed by atoms with Gasteiger partial charge in [-0.3, -0.25) is 4.79 Å². The third kappa shape index (κ3) is 2.65. The van der Waals surface area contributed by atoms with Crippen LogP contribution < -0.4 is 10.6 Å². The van der Waals surface area contributed by atoms with Crippen molar-refractivity contribution >= 4 is 6.41 Å². The van der Waals surface area contributed by atoms with Gasteiger partial charge in [0.15, 0.2) is 0 Å². The first-order valence-corrected chi connectivity index (χ1v) is 4.62. The standard InChI is InChI=1S/C9H17N3O/c1-8(2)12-6-11-5-9(12)3-4-10-7-13/h5,7-8,11H,3-4,6H2,1-2H3,(H,10,13). The number of hydrogen-bond donors (Lipinski definition) is 2. The lowest BCUT2D eigenvalue weighted by Gasteiger charge is -2.25. The van der Waals surface area contributed by atoms with Crippen LogP contribution in [0, 0.1) is 0 Å². The molecule has 1 heterocycles. The summed E-state index contributed by atoms with van der Waals surface area (Å²) in [5, 5.41) is 5.84. The lowest BCUT2D eigenvalue weighted by molar-refractivity contribution is -0.109. The highest BCUT2D eigenvalue weighted by Crippen LogP contribution is 2.14. The van der Waals surface area contributed by atoms with E-state index in [1.54, 1.807) is 0 Å². The molecule has 1 aliphatic rings.